The lowest BCUT2D eigenvalue weighted by molar-refractivity contribution is -0.132. The Morgan fingerprint density at radius 2 is 1.72 bits per heavy atom. The van der Waals surface area contributed by atoms with Gasteiger partial charge in [-0.2, -0.15) is 0 Å². The minimum absolute atomic E-state index is 0.184. The van der Waals surface area contributed by atoms with Crippen LogP contribution in [-0.4, -0.2) is 16.9 Å². The molecule has 0 atom stereocenters. The monoisotopic (exact) mass is 247 g/mol. The second kappa shape index (κ2) is 4.53. The number of carbonyl (C=O) groups is 2. The van der Waals surface area contributed by atoms with Crippen LogP contribution in [0.25, 0.3) is 0 Å². The van der Waals surface area contributed by atoms with Crippen LogP contribution >= 0.6 is 0 Å². The fourth-order valence-electron chi connectivity index (χ4n) is 2.31. The van der Waals surface area contributed by atoms with Gasteiger partial charge in [0.2, 0.25) is 11.8 Å². The van der Waals surface area contributed by atoms with Crippen LogP contribution in [0, 0.1) is 5.41 Å². The van der Waals surface area contributed by atoms with Gasteiger partial charge in [-0.15, -0.1) is 0 Å². The van der Waals surface area contributed by atoms with Crippen LogP contribution in [-0.2, 0) is 16.2 Å². The highest BCUT2D eigenvalue weighted by molar-refractivity contribution is 6.17. The highest BCUT2D eigenvalue weighted by Gasteiger charge is 2.38. The van der Waals surface area contributed by atoms with Crippen LogP contribution in [0.1, 0.15) is 32.3 Å². The van der Waals surface area contributed by atoms with Crippen molar-refractivity contribution in [1.29, 1.82) is 0 Å². The van der Waals surface area contributed by atoms with E-state index < -0.39 is 0 Å². The maximum absolute atomic E-state index is 12.1. The van der Waals surface area contributed by atoms with Crippen LogP contribution in [0.3, 0.4) is 0 Å². The van der Waals surface area contributed by atoms with Gasteiger partial charge in [0.05, 0.1) is 12.3 Å². The van der Waals surface area contributed by atoms with E-state index in [1.807, 2.05) is 13.8 Å². The van der Waals surface area contributed by atoms with Gasteiger partial charge in [-0.1, -0.05) is 32.0 Å². The second-order valence-electron chi connectivity index (χ2n) is 5.43. The van der Waals surface area contributed by atoms with Crippen LogP contribution in [0.5, 0.6) is 0 Å². The van der Waals surface area contributed by atoms with E-state index in [0.29, 0.717) is 24.1 Å². The standard InChI is InChI=1S/C14H17NO3/c1-14(2)7-12(17)15(13(18)8-14)11-6-4-3-5-10(11)9-16/h3-6,16H,7-9H2,1-2H3. The Balaban J connectivity index is 2.39. The molecule has 1 aliphatic heterocycles. The van der Waals surface area contributed by atoms with Gasteiger partial charge in [0, 0.05) is 18.4 Å². The lowest BCUT2D eigenvalue weighted by atomic mass is 9.81. The van der Waals surface area contributed by atoms with Crippen LogP contribution in [0.4, 0.5) is 5.69 Å². The fourth-order valence-corrected chi connectivity index (χ4v) is 2.31. The number of imide groups is 1. The summed E-state index contributed by atoms with van der Waals surface area (Å²) in [6.07, 6.45) is 0.691. The van der Waals surface area contributed by atoms with Gasteiger partial charge in [-0.05, 0) is 11.5 Å². The van der Waals surface area contributed by atoms with Gasteiger partial charge in [0.25, 0.3) is 0 Å². The minimum atomic E-state index is -0.279. The van der Waals surface area contributed by atoms with Gasteiger partial charge in [-0.3, -0.25) is 14.5 Å². The average molecular weight is 247 g/mol. The first-order chi connectivity index (χ1) is 8.44. The molecular weight excluding hydrogens is 230 g/mol. The molecule has 1 aromatic rings. The molecule has 0 aromatic heterocycles. The summed E-state index contributed by atoms with van der Waals surface area (Å²) in [7, 11) is 0. The fraction of sp³-hybridized carbons (Fsp3) is 0.429. The third-order valence-electron chi connectivity index (χ3n) is 3.16. The zero-order valence-corrected chi connectivity index (χ0v) is 10.6. The van der Waals surface area contributed by atoms with E-state index in [4.69, 9.17) is 0 Å². The molecule has 0 bridgehead atoms. The van der Waals surface area contributed by atoms with Crippen LogP contribution < -0.4 is 4.90 Å². The molecule has 4 heteroatoms. The third kappa shape index (κ3) is 2.29. The van der Waals surface area contributed by atoms with Gasteiger partial charge >= 0.3 is 0 Å². The molecule has 1 saturated heterocycles. The summed E-state index contributed by atoms with van der Waals surface area (Å²) < 4.78 is 0. The lowest BCUT2D eigenvalue weighted by Crippen LogP contribution is -2.46. The predicted octanol–water partition coefficient (Wildman–Crippen LogP) is 1.86. The molecule has 18 heavy (non-hydrogen) atoms. The van der Waals surface area contributed by atoms with Crippen LogP contribution in [0.15, 0.2) is 24.3 Å². The van der Waals surface area contributed by atoms with Crippen molar-refractivity contribution >= 4 is 17.5 Å². The van der Waals surface area contributed by atoms with E-state index >= 15 is 0 Å². The van der Waals surface area contributed by atoms with Crippen molar-refractivity contribution in [2.45, 2.75) is 33.3 Å². The molecule has 1 heterocycles. The SMILES string of the molecule is CC1(C)CC(=O)N(c2ccccc2CO)C(=O)C1. The number of piperidine rings is 1. The number of hydrogen-bond donors (Lipinski definition) is 1. The van der Waals surface area contributed by atoms with E-state index in [0.717, 1.165) is 0 Å². The zero-order valence-electron chi connectivity index (χ0n) is 10.6. The molecule has 0 unspecified atom stereocenters. The van der Waals surface area contributed by atoms with Crippen molar-refractivity contribution in [2.24, 2.45) is 5.41 Å². The van der Waals surface area contributed by atoms with Gasteiger partial charge in [0.15, 0.2) is 0 Å². The molecule has 1 fully saturated rings. The highest BCUT2D eigenvalue weighted by Crippen LogP contribution is 2.35. The van der Waals surface area contributed by atoms with Gasteiger partial charge in [0.1, 0.15) is 0 Å². The maximum Gasteiger partial charge on any atom is 0.234 e. The normalized spacial score (nSPS) is 19.2. The molecule has 1 aromatic carbocycles. The number of aliphatic hydroxyl groups is 1. The number of benzene rings is 1. The first-order valence-electron chi connectivity index (χ1n) is 5.99. The zero-order chi connectivity index (χ0) is 13.3. The molecule has 4 nitrogen and oxygen atoms in total. The van der Waals surface area contributed by atoms with E-state index in [2.05, 4.69) is 0 Å². The summed E-state index contributed by atoms with van der Waals surface area (Å²) in [6.45, 7) is 3.65. The molecule has 2 amide bonds. The number of aliphatic hydroxyl groups excluding tert-OH is 1. The number of para-hydroxylation sites is 1. The molecule has 2 rings (SSSR count). The topological polar surface area (TPSA) is 57.6 Å². The molecule has 1 aliphatic rings. The third-order valence-corrected chi connectivity index (χ3v) is 3.16. The molecule has 0 saturated carbocycles. The summed E-state index contributed by atoms with van der Waals surface area (Å²) in [5.41, 5.74) is 0.822. The van der Waals surface area contributed by atoms with Crippen LogP contribution in [0.2, 0.25) is 0 Å². The van der Waals surface area contributed by atoms with E-state index in [-0.39, 0.29) is 23.8 Å². The Bertz CT molecular complexity index is 474. The largest absolute Gasteiger partial charge is 0.392 e. The number of nitrogens with zero attached hydrogens (tertiary/aromatic N) is 1. The number of anilines is 1. The lowest BCUT2D eigenvalue weighted by Gasteiger charge is -2.35. The highest BCUT2D eigenvalue weighted by atomic mass is 16.3. The quantitative estimate of drug-likeness (QED) is 0.811. The summed E-state index contributed by atoms with van der Waals surface area (Å²) in [4.78, 5) is 25.4. The molecular formula is C14H17NO3. The van der Waals surface area contributed by atoms with Gasteiger partial charge < -0.3 is 5.11 Å². The Morgan fingerprint density at radius 1 is 1.17 bits per heavy atom. The molecule has 0 aliphatic carbocycles. The molecule has 0 spiro atoms. The van der Waals surface area contributed by atoms with E-state index in [1.54, 1.807) is 24.3 Å². The molecule has 96 valence electrons. The number of carbonyl (C=O) groups excluding carboxylic acids is 2. The van der Waals surface area contributed by atoms with Crippen molar-refractivity contribution in [3.63, 3.8) is 0 Å². The first-order valence-corrected chi connectivity index (χ1v) is 5.99. The van der Waals surface area contributed by atoms with Crippen molar-refractivity contribution < 1.29 is 14.7 Å². The van der Waals surface area contributed by atoms with Gasteiger partial charge in [-0.25, -0.2) is 0 Å². The summed E-state index contributed by atoms with van der Waals surface area (Å²) in [6, 6.07) is 6.95. The smallest absolute Gasteiger partial charge is 0.234 e. The van der Waals surface area contributed by atoms with Crippen molar-refractivity contribution in [1.82, 2.24) is 0 Å². The Labute approximate surface area is 106 Å². The number of amides is 2. The molecule has 1 N–H and O–H groups in total. The summed E-state index contributed by atoms with van der Waals surface area (Å²) in [5, 5.41) is 9.28. The van der Waals surface area contributed by atoms with E-state index in [1.165, 1.54) is 4.90 Å². The van der Waals surface area contributed by atoms with Crippen molar-refractivity contribution in [3.8, 4) is 0 Å². The molecule has 0 radical (unpaired) electrons. The summed E-state index contributed by atoms with van der Waals surface area (Å²) >= 11 is 0. The van der Waals surface area contributed by atoms with Crippen molar-refractivity contribution in [2.75, 3.05) is 4.90 Å². The maximum atomic E-state index is 12.1. The number of rotatable bonds is 2. The average Bonchev–Trinajstić information content (AvgIpc) is 2.27. The Hall–Kier alpha value is -1.68. The Kier molecular flexibility index (Phi) is 3.22. The summed E-state index contributed by atoms with van der Waals surface area (Å²) in [5.74, 6) is -0.394. The Morgan fingerprint density at radius 3 is 2.28 bits per heavy atom. The van der Waals surface area contributed by atoms with E-state index in [9.17, 15) is 14.7 Å². The predicted molar refractivity (Wildman–Crippen MR) is 67.9 cm³/mol. The minimum Gasteiger partial charge on any atom is -0.392 e. The first kappa shape index (κ1) is 12.8. The second-order valence-corrected chi connectivity index (χ2v) is 5.43. The van der Waals surface area contributed by atoms with Crippen molar-refractivity contribution in [3.05, 3.63) is 29.8 Å². The number of hydrogen-bond acceptors (Lipinski definition) is 3.